The minimum atomic E-state index is -3.25. The van der Waals surface area contributed by atoms with Gasteiger partial charge in [0.15, 0.2) is 0 Å². The van der Waals surface area contributed by atoms with Crippen LogP contribution in [0.15, 0.2) is 24.3 Å². The third kappa shape index (κ3) is 8.96. The third-order valence-corrected chi connectivity index (χ3v) is 5.70. The number of sulfonamides is 1. The Bertz CT molecular complexity index is 684. The first kappa shape index (κ1) is 22.1. The zero-order chi connectivity index (χ0) is 19.6. The van der Waals surface area contributed by atoms with E-state index in [1.54, 1.807) is 26.0 Å². The van der Waals surface area contributed by atoms with Gasteiger partial charge < -0.3 is 10.4 Å². The smallest absolute Gasteiger partial charge is 0.303 e. The maximum absolute atomic E-state index is 11.9. The number of carboxylic acid groups (broad SMARTS) is 1. The van der Waals surface area contributed by atoms with Crippen LogP contribution in [0.5, 0.6) is 0 Å². The molecule has 0 aromatic heterocycles. The molecule has 0 unspecified atom stereocenters. The molecule has 0 aliphatic carbocycles. The van der Waals surface area contributed by atoms with Crippen LogP contribution in [0.4, 0.5) is 5.69 Å². The fourth-order valence-electron chi connectivity index (χ4n) is 2.21. The van der Waals surface area contributed by atoms with Crippen LogP contribution in [0, 0.1) is 0 Å². The van der Waals surface area contributed by atoms with Crippen LogP contribution in [0.1, 0.15) is 51.5 Å². The molecule has 1 rings (SSSR count). The average molecular weight is 384 g/mol. The average Bonchev–Trinajstić information content (AvgIpc) is 2.55. The summed E-state index contributed by atoms with van der Waals surface area (Å²) >= 11 is 0. The number of carbonyl (C=O) groups is 2. The van der Waals surface area contributed by atoms with Gasteiger partial charge in [0.25, 0.3) is 0 Å². The van der Waals surface area contributed by atoms with Crippen LogP contribution >= 0.6 is 0 Å². The fourth-order valence-corrected chi connectivity index (χ4v) is 2.98. The molecule has 0 saturated carbocycles. The second-order valence-corrected chi connectivity index (χ2v) is 8.76. The molecule has 0 aliphatic heterocycles. The van der Waals surface area contributed by atoms with E-state index in [1.807, 2.05) is 12.1 Å². The van der Waals surface area contributed by atoms with Gasteiger partial charge in [-0.2, -0.15) is 0 Å². The monoisotopic (exact) mass is 384 g/mol. The molecule has 146 valence electrons. The highest BCUT2D eigenvalue weighted by Crippen LogP contribution is 2.12. The summed E-state index contributed by atoms with van der Waals surface area (Å²) in [6.07, 6.45) is 2.94. The van der Waals surface area contributed by atoms with E-state index in [1.165, 1.54) is 0 Å². The Morgan fingerprint density at radius 3 is 2.27 bits per heavy atom. The molecule has 0 radical (unpaired) electrons. The van der Waals surface area contributed by atoms with Gasteiger partial charge in [0.1, 0.15) is 0 Å². The lowest BCUT2D eigenvalue weighted by Gasteiger charge is -2.09. The predicted molar refractivity (Wildman–Crippen MR) is 102 cm³/mol. The molecular weight excluding hydrogens is 356 g/mol. The number of carboxylic acids is 1. The van der Waals surface area contributed by atoms with E-state index in [0.29, 0.717) is 44.3 Å². The summed E-state index contributed by atoms with van der Waals surface area (Å²) in [7, 11) is -3.25. The number of hydrogen-bond donors (Lipinski definition) is 3. The molecule has 0 saturated heterocycles. The van der Waals surface area contributed by atoms with Gasteiger partial charge in [0, 0.05) is 25.1 Å². The summed E-state index contributed by atoms with van der Waals surface area (Å²) in [6.45, 7) is 3.57. The molecule has 0 bridgehead atoms. The summed E-state index contributed by atoms with van der Waals surface area (Å²) in [5.41, 5.74) is 1.72. The maximum atomic E-state index is 11.9. The topological polar surface area (TPSA) is 113 Å². The molecule has 0 fully saturated rings. The molecule has 0 heterocycles. The lowest BCUT2D eigenvalue weighted by atomic mass is 10.1. The van der Waals surface area contributed by atoms with Gasteiger partial charge in [-0.1, -0.05) is 12.1 Å². The van der Waals surface area contributed by atoms with E-state index in [9.17, 15) is 18.0 Å². The number of unbranched alkanes of at least 4 members (excludes halogenated alkanes) is 1. The van der Waals surface area contributed by atoms with Gasteiger partial charge in [0.2, 0.25) is 15.9 Å². The number of rotatable bonds is 12. The van der Waals surface area contributed by atoms with Crippen molar-refractivity contribution >= 4 is 27.6 Å². The summed E-state index contributed by atoms with van der Waals surface area (Å²) in [6, 6.07) is 7.34. The number of anilines is 1. The largest absolute Gasteiger partial charge is 0.481 e. The van der Waals surface area contributed by atoms with E-state index in [0.717, 1.165) is 5.56 Å². The number of aryl methyl sites for hydroxylation is 1. The van der Waals surface area contributed by atoms with Crippen molar-refractivity contribution < 1.29 is 23.1 Å². The van der Waals surface area contributed by atoms with Gasteiger partial charge in [-0.15, -0.1) is 0 Å². The molecule has 0 atom stereocenters. The molecular formula is C18H28N2O5S. The molecule has 0 aliphatic rings. The molecule has 1 aromatic rings. The zero-order valence-electron chi connectivity index (χ0n) is 15.3. The highest BCUT2D eigenvalue weighted by Gasteiger charge is 2.14. The standard InChI is InChI=1S/C18H28N2O5S/c1-14(2)26(24,25)19-13-4-3-7-17(21)20-16-11-9-15(10-12-16)6-5-8-18(22)23/h9-12,14,19H,3-8,13H2,1-2H3,(H,20,21)(H,22,23). The summed E-state index contributed by atoms with van der Waals surface area (Å²) in [5.74, 6) is -0.916. The molecule has 3 N–H and O–H groups in total. The van der Waals surface area contributed by atoms with Crippen molar-refractivity contribution in [3.05, 3.63) is 29.8 Å². The van der Waals surface area contributed by atoms with Crippen LogP contribution in [0.3, 0.4) is 0 Å². The minimum Gasteiger partial charge on any atom is -0.481 e. The first-order valence-electron chi connectivity index (χ1n) is 8.80. The van der Waals surface area contributed by atoms with Crippen molar-refractivity contribution in [1.29, 1.82) is 0 Å². The first-order valence-corrected chi connectivity index (χ1v) is 10.3. The predicted octanol–water partition coefficient (Wildman–Crippen LogP) is 2.53. The molecule has 1 aromatic carbocycles. The van der Waals surface area contributed by atoms with Gasteiger partial charge in [-0.25, -0.2) is 13.1 Å². The van der Waals surface area contributed by atoms with Crippen molar-refractivity contribution in [2.45, 2.75) is 57.6 Å². The second-order valence-electron chi connectivity index (χ2n) is 6.44. The Morgan fingerprint density at radius 1 is 1.04 bits per heavy atom. The molecule has 0 spiro atoms. The Balaban J connectivity index is 2.25. The second kappa shape index (κ2) is 10.9. The van der Waals surface area contributed by atoms with E-state index in [-0.39, 0.29) is 12.3 Å². The molecule has 26 heavy (non-hydrogen) atoms. The number of amides is 1. The van der Waals surface area contributed by atoms with Gasteiger partial charge in [0.05, 0.1) is 5.25 Å². The Labute approximate surface area is 155 Å². The molecule has 7 nitrogen and oxygen atoms in total. The highest BCUT2D eigenvalue weighted by molar-refractivity contribution is 7.90. The van der Waals surface area contributed by atoms with Crippen molar-refractivity contribution in [2.24, 2.45) is 0 Å². The zero-order valence-corrected chi connectivity index (χ0v) is 16.1. The third-order valence-electron chi connectivity index (χ3n) is 3.85. The SMILES string of the molecule is CC(C)S(=O)(=O)NCCCCC(=O)Nc1ccc(CCCC(=O)O)cc1. The summed E-state index contributed by atoms with van der Waals surface area (Å²) in [5, 5.41) is 11.0. The number of hydrogen-bond acceptors (Lipinski definition) is 4. The van der Waals surface area contributed by atoms with Crippen molar-refractivity contribution in [3.63, 3.8) is 0 Å². The summed E-state index contributed by atoms with van der Waals surface area (Å²) < 4.78 is 25.7. The number of nitrogens with one attached hydrogen (secondary N) is 2. The van der Waals surface area contributed by atoms with Crippen molar-refractivity contribution in [1.82, 2.24) is 4.72 Å². The molecule has 8 heteroatoms. The van der Waals surface area contributed by atoms with E-state index < -0.39 is 21.2 Å². The van der Waals surface area contributed by atoms with Gasteiger partial charge in [-0.05, 0) is 57.2 Å². The van der Waals surface area contributed by atoms with E-state index in [2.05, 4.69) is 10.0 Å². The van der Waals surface area contributed by atoms with Crippen LogP contribution in [-0.4, -0.2) is 37.2 Å². The Hall–Kier alpha value is -1.93. The number of benzene rings is 1. The van der Waals surface area contributed by atoms with Crippen molar-refractivity contribution in [3.8, 4) is 0 Å². The number of aliphatic carboxylic acids is 1. The van der Waals surface area contributed by atoms with Crippen LogP contribution in [0.2, 0.25) is 0 Å². The lowest BCUT2D eigenvalue weighted by Crippen LogP contribution is -2.31. The fraction of sp³-hybridized carbons (Fsp3) is 0.556. The Morgan fingerprint density at radius 2 is 1.69 bits per heavy atom. The molecule has 1 amide bonds. The quantitative estimate of drug-likeness (QED) is 0.479. The number of carbonyl (C=O) groups excluding carboxylic acids is 1. The minimum absolute atomic E-state index is 0.115. The van der Waals surface area contributed by atoms with Crippen LogP contribution < -0.4 is 10.0 Å². The van der Waals surface area contributed by atoms with E-state index in [4.69, 9.17) is 5.11 Å². The highest BCUT2D eigenvalue weighted by atomic mass is 32.2. The van der Waals surface area contributed by atoms with Gasteiger partial charge in [-0.3, -0.25) is 9.59 Å². The normalized spacial score (nSPS) is 11.5. The van der Waals surface area contributed by atoms with Crippen LogP contribution in [0.25, 0.3) is 0 Å². The van der Waals surface area contributed by atoms with Crippen LogP contribution in [-0.2, 0) is 26.0 Å². The maximum Gasteiger partial charge on any atom is 0.303 e. The van der Waals surface area contributed by atoms with Gasteiger partial charge >= 0.3 is 5.97 Å². The van der Waals surface area contributed by atoms with Crippen molar-refractivity contribution in [2.75, 3.05) is 11.9 Å². The Kier molecular flexibility index (Phi) is 9.29. The first-order chi connectivity index (χ1) is 12.2. The summed E-state index contributed by atoms with van der Waals surface area (Å²) in [4.78, 5) is 22.4. The van der Waals surface area contributed by atoms with E-state index >= 15 is 0 Å². The lowest BCUT2D eigenvalue weighted by molar-refractivity contribution is -0.137.